The van der Waals surface area contributed by atoms with Crippen LogP contribution in [0.1, 0.15) is 45.4 Å². The van der Waals surface area contributed by atoms with Crippen molar-refractivity contribution in [3.63, 3.8) is 0 Å². The van der Waals surface area contributed by atoms with Gasteiger partial charge in [-0.2, -0.15) is 6.61 Å². The summed E-state index contributed by atoms with van der Waals surface area (Å²) in [5, 5.41) is 9.57. The van der Waals surface area contributed by atoms with Crippen molar-refractivity contribution in [1.82, 2.24) is 0 Å². The van der Waals surface area contributed by atoms with Crippen molar-refractivity contribution in [1.29, 1.82) is 0 Å². The van der Waals surface area contributed by atoms with Crippen LogP contribution >= 0.6 is 0 Å². The van der Waals surface area contributed by atoms with Crippen LogP contribution < -0.4 is 0 Å². The summed E-state index contributed by atoms with van der Waals surface area (Å²) >= 11 is 0. The molecule has 0 aromatic rings. The number of aliphatic hydroxyl groups excluding tert-OH is 1. The van der Waals surface area contributed by atoms with Gasteiger partial charge >= 0.3 is 31.1 Å². The Morgan fingerprint density at radius 2 is 1.94 bits per heavy atom. The fourth-order valence-corrected chi connectivity index (χ4v) is 3.26. The fraction of sp³-hybridized carbons (Fsp3) is 0.923. The van der Waals surface area contributed by atoms with Gasteiger partial charge in [0, 0.05) is 12.8 Å². The SMILES string of the molecule is CCC1(CO)O[CH-]C2OC3(CCCCC3)OC21.[U+2]. The second-order valence-electron chi connectivity index (χ2n) is 5.42. The van der Waals surface area contributed by atoms with Gasteiger partial charge < -0.3 is 19.3 Å². The Balaban J connectivity index is 0.00000120. The molecule has 5 heteroatoms. The molecule has 3 aliphatic rings. The van der Waals surface area contributed by atoms with Gasteiger partial charge in [0.05, 0.1) is 18.3 Å². The Kier molecular flexibility index (Phi) is 4.85. The first-order chi connectivity index (χ1) is 8.24. The topological polar surface area (TPSA) is 47.9 Å². The Morgan fingerprint density at radius 1 is 1.22 bits per heavy atom. The first-order valence-corrected chi connectivity index (χ1v) is 6.71. The summed E-state index contributed by atoms with van der Waals surface area (Å²) in [4.78, 5) is 0. The van der Waals surface area contributed by atoms with Crippen molar-refractivity contribution in [2.24, 2.45) is 0 Å². The Hall–Kier alpha value is 0.892. The summed E-state index contributed by atoms with van der Waals surface area (Å²) in [6.07, 6.45) is 6.02. The molecule has 2 aliphatic heterocycles. The Labute approximate surface area is 132 Å². The van der Waals surface area contributed by atoms with Gasteiger partial charge in [-0.25, -0.2) is 0 Å². The molecule has 0 bridgehead atoms. The van der Waals surface area contributed by atoms with E-state index in [1.165, 1.54) is 19.3 Å². The van der Waals surface area contributed by atoms with E-state index in [2.05, 4.69) is 0 Å². The minimum absolute atomic E-state index is 0. The largest absolute Gasteiger partial charge is 2.00 e. The van der Waals surface area contributed by atoms with Crippen LogP contribution in [0.15, 0.2) is 0 Å². The Bertz CT molecular complexity index is 287. The summed E-state index contributed by atoms with van der Waals surface area (Å²) in [6, 6.07) is 0. The fourth-order valence-electron chi connectivity index (χ4n) is 3.26. The minimum atomic E-state index is -0.592. The quantitative estimate of drug-likeness (QED) is 0.614. The third-order valence-corrected chi connectivity index (χ3v) is 4.43. The maximum atomic E-state index is 9.57. The number of ether oxygens (including phenoxy) is 3. The van der Waals surface area contributed by atoms with Gasteiger partial charge in [-0.15, -0.1) is 0 Å². The monoisotopic (exact) mass is 479 g/mol. The van der Waals surface area contributed by atoms with Gasteiger partial charge in [-0.3, -0.25) is 0 Å². The number of aliphatic hydroxyl groups is 1. The smallest absolute Gasteiger partial charge is 0.541 e. The predicted molar refractivity (Wildman–Crippen MR) is 61.1 cm³/mol. The molecule has 0 aromatic heterocycles. The van der Waals surface area contributed by atoms with Crippen LogP contribution in [0.25, 0.3) is 0 Å². The second kappa shape index (κ2) is 5.71. The molecule has 2 saturated heterocycles. The maximum Gasteiger partial charge on any atom is 2.00 e. The molecule has 1 saturated carbocycles. The van der Waals surface area contributed by atoms with Crippen molar-refractivity contribution < 1.29 is 50.4 Å². The minimum Gasteiger partial charge on any atom is -0.541 e. The molecule has 3 fully saturated rings. The van der Waals surface area contributed by atoms with E-state index in [9.17, 15) is 5.11 Å². The molecule has 3 unspecified atom stereocenters. The second-order valence-corrected chi connectivity index (χ2v) is 5.42. The number of hydrogen-bond donors (Lipinski definition) is 1. The number of rotatable bonds is 2. The van der Waals surface area contributed by atoms with E-state index in [-0.39, 0.29) is 49.9 Å². The van der Waals surface area contributed by atoms with Gasteiger partial charge in [0.25, 0.3) is 0 Å². The molecule has 3 rings (SSSR count). The zero-order valence-electron chi connectivity index (χ0n) is 10.9. The first-order valence-electron chi connectivity index (χ1n) is 6.71. The molecular weight excluding hydrogens is 458 g/mol. The van der Waals surface area contributed by atoms with Crippen molar-refractivity contribution >= 4 is 0 Å². The molecule has 1 aliphatic carbocycles. The summed E-state index contributed by atoms with van der Waals surface area (Å²) < 4.78 is 17.8. The number of hydrogen-bond acceptors (Lipinski definition) is 4. The van der Waals surface area contributed by atoms with E-state index in [4.69, 9.17) is 14.2 Å². The van der Waals surface area contributed by atoms with E-state index in [1.54, 1.807) is 6.61 Å². The van der Waals surface area contributed by atoms with Crippen molar-refractivity contribution in [3.05, 3.63) is 6.61 Å². The molecule has 4 nitrogen and oxygen atoms in total. The molecule has 18 heavy (non-hydrogen) atoms. The predicted octanol–water partition coefficient (Wildman–Crippen LogP) is 1.76. The van der Waals surface area contributed by atoms with E-state index < -0.39 is 11.4 Å². The van der Waals surface area contributed by atoms with Crippen LogP contribution in [-0.4, -0.2) is 35.3 Å². The van der Waals surface area contributed by atoms with Crippen molar-refractivity contribution in [3.8, 4) is 0 Å². The summed E-state index contributed by atoms with van der Waals surface area (Å²) in [6.45, 7) is 3.72. The summed E-state index contributed by atoms with van der Waals surface area (Å²) in [5.41, 5.74) is -0.592. The van der Waals surface area contributed by atoms with Gasteiger partial charge in [0.1, 0.15) is 0 Å². The molecule has 3 atom stereocenters. The average molecular weight is 479 g/mol. The molecule has 2 heterocycles. The number of fused-ring (bicyclic) bond motifs is 1. The summed E-state index contributed by atoms with van der Waals surface area (Å²) in [7, 11) is 0. The normalized spacial score (nSPS) is 41.7. The van der Waals surface area contributed by atoms with Gasteiger partial charge in [0.2, 0.25) is 0 Å². The third kappa shape index (κ3) is 2.32. The van der Waals surface area contributed by atoms with Crippen LogP contribution in [0.2, 0.25) is 0 Å². The molecule has 0 amide bonds. The molecule has 0 radical (unpaired) electrons. The standard InChI is InChI=1S/C13H21O4.U/c1-2-12(9-14)11-10(8-15-12)16-13(17-11)6-4-3-5-7-13;/h8,10-11,14H,2-7,9H2,1H3;/q-1;+2. The van der Waals surface area contributed by atoms with Crippen LogP contribution in [0.5, 0.6) is 0 Å². The van der Waals surface area contributed by atoms with Crippen LogP contribution in [0.3, 0.4) is 0 Å². The molecule has 1 spiro atoms. The van der Waals surface area contributed by atoms with Gasteiger partial charge in [0.15, 0.2) is 5.79 Å². The zero-order chi connectivity index (χ0) is 11.9. The van der Waals surface area contributed by atoms with Crippen LogP contribution in [0.4, 0.5) is 0 Å². The molecule has 1 N–H and O–H groups in total. The van der Waals surface area contributed by atoms with Crippen molar-refractivity contribution in [2.45, 2.75) is 69.0 Å². The third-order valence-electron chi connectivity index (χ3n) is 4.43. The van der Waals surface area contributed by atoms with Gasteiger partial charge in [-0.05, 0) is 25.4 Å². The maximum absolute atomic E-state index is 9.57. The van der Waals surface area contributed by atoms with E-state index in [0.29, 0.717) is 0 Å². The first kappa shape index (κ1) is 15.3. The van der Waals surface area contributed by atoms with Gasteiger partial charge in [-0.1, -0.05) is 13.3 Å². The average Bonchev–Trinajstić information content (AvgIpc) is 2.86. The summed E-state index contributed by atoms with van der Waals surface area (Å²) in [5.74, 6) is -0.399. The van der Waals surface area contributed by atoms with Crippen LogP contribution in [-0.2, 0) is 14.2 Å². The van der Waals surface area contributed by atoms with Crippen molar-refractivity contribution in [2.75, 3.05) is 6.61 Å². The zero-order valence-corrected chi connectivity index (χ0v) is 15.0. The Morgan fingerprint density at radius 3 is 2.56 bits per heavy atom. The molecule has 100 valence electrons. The van der Waals surface area contributed by atoms with E-state index >= 15 is 0 Å². The van der Waals surface area contributed by atoms with E-state index in [0.717, 1.165) is 19.3 Å². The van der Waals surface area contributed by atoms with E-state index in [1.807, 2.05) is 6.92 Å². The molecule has 0 aromatic carbocycles. The molecular formula is C13H21O4U+. The van der Waals surface area contributed by atoms with Crippen LogP contribution in [0, 0.1) is 37.7 Å².